The standard InChI is InChI=1S/C21H20ClNO4S/c1-26-18-7-3-4-15(11-18)12-23-21(24)20-9-8-19(27-20)14-28(25)13-16-5-2-6-17(22)10-16/h2-11H,12-14H2,1H3,(H,23,24). The van der Waals surface area contributed by atoms with E-state index in [1.807, 2.05) is 36.4 Å². The molecule has 0 aliphatic carbocycles. The molecule has 146 valence electrons. The van der Waals surface area contributed by atoms with Crippen LogP contribution in [0.4, 0.5) is 0 Å². The van der Waals surface area contributed by atoms with Crippen LogP contribution in [0, 0.1) is 0 Å². The SMILES string of the molecule is COc1cccc(CNC(=O)c2ccc(CS(=O)Cc3cccc(Cl)c3)o2)c1. The second kappa shape index (κ2) is 9.57. The molecule has 28 heavy (non-hydrogen) atoms. The largest absolute Gasteiger partial charge is 0.497 e. The van der Waals surface area contributed by atoms with Gasteiger partial charge in [-0.25, -0.2) is 0 Å². The summed E-state index contributed by atoms with van der Waals surface area (Å²) >= 11 is 5.95. The number of nitrogens with one attached hydrogen (secondary N) is 1. The molecule has 0 fully saturated rings. The Kier molecular flexibility index (Phi) is 6.90. The second-order valence-electron chi connectivity index (χ2n) is 6.16. The molecule has 3 aromatic rings. The van der Waals surface area contributed by atoms with Crippen LogP contribution in [0.25, 0.3) is 0 Å². The van der Waals surface area contributed by atoms with Gasteiger partial charge < -0.3 is 14.5 Å². The summed E-state index contributed by atoms with van der Waals surface area (Å²) in [5, 5.41) is 3.41. The van der Waals surface area contributed by atoms with Crippen molar-refractivity contribution in [1.82, 2.24) is 5.32 Å². The van der Waals surface area contributed by atoms with Crippen LogP contribution in [0.1, 0.15) is 27.4 Å². The average molecular weight is 418 g/mol. The molecule has 0 aliphatic rings. The van der Waals surface area contributed by atoms with Gasteiger partial charge in [0, 0.05) is 28.1 Å². The lowest BCUT2D eigenvalue weighted by Gasteiger charge is -2.05. The summed E-state index contributed by atoms with van der Waals surface area (Å²) in [7, 11) is 0.430. The van der Waals surface area contributed by atoms with Gasteiger partial charge in [0.25, 0.3) is 5.91 Å². The number of carbonyl (C=O) groups excluding carboxylic acids is 1. The van der Waals surface area contributed by atoms with E-state index in [0.29, 0.717) is 23.1 Å². The third-order valence-electron chi connectivity index (χ3n) is 3.99. The molecule has 1 N–H and O–H groups in total. The molecule has 0 aliphatic heterocycles. The Morgan fingerprint density at radius 1 is 1.07 bits per heavy atom. The van der Waals surface area contributed by atoms with E-state index in [2.05, 4.69) is 5.32 Å². The zero-order chi connectivity index (χ0) is 19.9. The normalized spacial score (nSPS) is 11.8. The fourth-order valence-corrected chi connectivity index (χ4v) is 3.99. The quantitative estimate of drug-likeness (QED) is 0.592. The highest BCUT2D eigenvalue weighted by molar-refractivity contribution is 7.83. The van der Waals surface area contributed by atoms with E-state index in [1.54, 1.807) is 31.4 Å². The van der Waals surface area contributed by atoms with Crippen LogP contribution in [0.3, 0.4) is 0 Å². The number of methoxy groups -OCH3 is 1. The van der Waals surface area contributed by atoms with Gasteiger partial charge in [0.15, 0.2) is 5.76 Å². The molecular weight excluding hydrogens is 398 g/mol. The Hall–Kier alpha value is -2.57. The van der Waals surface area contributed by atoms with Crippen molar-refractivity contribution in [3.05, 3.63) is 88.3 Å². The first-order valence-corrected chi connectivity index (χ1v) is 10.5. The van der Waals surface area contributed by atoms with Crippen LogP contribution >= 0.6 is 11.6 Å². The minimum absolute atomic E-state index is 0.192. The summed E-state index contributed by atoms with van der Waals surface area (Å²) in [4.78, 5) is 12.3. The van der Waals surface area contributed by atoms with Crippen molar-refractivity contribution < 1.29 is 18.2 Å². The van der Waals surface area contributed by atoms with Gasteiger partial charge in [-0.2, -0.15) is 0 Å². The maximum Gasteiger partial charge on any atom is 0.287 e. The molecule has 7 heteroatoms. The highest BCUT2D eigenvalue weighted by Gasteiger charge is 2.13. The molecule has 5 nitrogen and oxygen atoms in total. The Bertz CT molecular complexity index is 986. The van der Waals surface area contributed by atoms with E-state index in [4.69, 9.17) is 20.8 Å². The number of amides is 1. The van der Waals surface area contributed by atoms with Crippen LogP contribution in [0.5, 0.6) is 5.75 Å². The van der Waals surface area contributed by atoms with E-state index in [9.17, 15) is 9.00 Å². The van der Waals surface area contributed by atoms with Gasteiger partial charge in [0.1, 0.15) is 11.5 Å². The Balaban J connectivity index is 1.54. The monoisotopic (exact) mass is 417 g/mol. The molecule has 0 saturated carbocycles. The van der Waals surface area contributed by atoms with Crippen LogP contribution < -0.4 is 10.1 Å². The first kappa shape index (κ1) is 20.2. The summed E-state index contributed by atoms with van der Waals surface area (Å²) in [6.45, 7) is 0.354. The highest BCUT2D eigenvalue weighted by atomic mass is 35.5. The number of furan rings is 1. The highest BCUT2D eigenvalue weighted by Crippen LogP contribution is 2.16. The summed E-state index contributed by atoms with van der Waals surface area (Å²) in [5.41, 5.74) is 1.82. The predicted molar refractivity (Wildman–Crippen MR) is 110 cm³/mol. The topological polar surface area (TPSA) is 68.5 Å². The summed E-state index contributed by atoms with van der Waals surface area (Å²) in [6, 6.07) is 18.0. The Labute approximate surface area is 171 Å². The fraction of sp³-hybridized carbons (Fsp3) is 0.190. The summed E-state index contributed by atoms with van der Waals surface area (Å²) < 4.78 is 23.1. The number of benzene rings is 2. The lowest BCUT2D eigenvalue weighted by molar-refractivity contribution is 0.0921. The number of hydrogen-bond donors (Lipinski definition) is 1. The zero-order valence-corrected chi connectivity index (χ0v) is 16.9. The number of ether oxygens (including phenoxy) is 1. The molecule has 3 rings (SSSR count). The molecule has 1 amide bonds. The lowest BCUT2D eigenvalue weighted by Crippen LogP contribution is -2.22. The smallest absolute Gasteiger partial charge is 0.287 e. The molecule has 0 bridgehead atoms. The average Bonchev–Trinajstić information content (AvgIpc) is 3.14. The molecule has 0 spiro atoms. The van der Waals surface area contributed by atoms with Crippen molar-refractivity contribution in [1.29, 1.82) is 0 Å². The van der Waals surface area contributed by atoms with Crippen LogP contribution in [0.15, 0.2) is 65.1 Å². The first-order chi connectivity index (χ1) is 13.5. The van der Waals surface area contributed by atoms with Gasteiger partial charge in [0.2, 0.25) is 0 Å². The van der Waals surface area contributed by atoms with Crippen molar-refractivity contribution in [2.24, 2.45) is 0 Å². The summed E-state index contributed by atoms with van der Waals surface area (Å²) in [6.07, 6.45) is 0. The van der Waals surface area contributed by atoms with E-state index in [1.165, 1.54) is 0 Å². The third-order valence-corrected chi connectivity index (χ3v) is 5.49. The first-order valence-electron chi connectivity index (χ1n) is 8.63. The van der Waals surface area contributed by atoms with E-state index in [0.717, 1.165) is 16.9 Å². The minimum atomic E-state index is -1.17. The number of carbonyl (C=O) groups is 1. The van der Waals surface area contributed by atoms with Crippen LogP contribution in [-0.2, 0) is 28.9 Å². The van der Waals surface area contributed by atoms with Crippen molar-refractivity contribution in [3.63, 3.8) is 0 Å². The van der Waals surface area contributed by atoms with E-state index < -0.39 is 10.8 Å². The van der Waals surface area contributed by atoms with Gasteiger partial charge in [-0.3, -0.25) is 9.00 Å². The minimum Gasteiger partial charge on any atom is -0.497 e. The molecule has 2 aromatic carbocycles. The van der Waals surface area contributed by atoms with Crippen molar-refractivity contribution >= 4 is 28.3 Å². The van der Waals surface area contributed by atoms with Crippen LogP contribution in [-0.4, -0.2) is 17.2 Å². The molecular formula is C21H20ClNO4S. The third kappa shape index (κ3) is 5.71. The lowest BCUT2D eigenvalue weighted by atomic mass is 10.2. The van der Waals surface area contributed by atoms with Gasteiger partial charge >= 0.3 is 0 Å². The molecule has 1 atom stereocenters. The van der Waals surface area contributed by atoms with Crippen molar-refractivity contribution in [2.75, 3.05) is 7.11 Å². The summed E-state index contributed by atoms with van der Waals surface area (Å²) in [5.74, 6) is 1.71. The van der Waals surface area contributed by atoms with Gasteiger partial charge in [-0.1, -0.05) is 35.9 Å². The predicted octanol–water partition coefficient (Wildman–Crippen LogP) is 4.32. The van der Waals surface area contributed by atoms with E-state index >= 15 is 0 Å². The maximum atomic E-state index is 12.3. The van der Waals surface area contributed by atoms with Crippen molar-refractivity contribution in [2.45, 2.75) is 18.1 Å². The van der Waals surface area contributed by atoms with Crippen LogP contribution in [0.2, 0.25) is 5.02 Å². The Morgan fingerprint density at radius 3 is 2.64 bits per heavy atom. The molecule has 1 unspecified atom stereocenters. The molecule has 1 aromatic heterocycles. The number of hydrogen-bond acceptors (Lipinski definition) is 4. The molecule has 0 saturated heterocycles. The maximum absolute atomic E-state index is 12.3. The fourth-order valence-electron chi connectivity index (χ4n) is 2.65. The van der Waals surface area contributed by atoms with Gasteiger partial charge in [0.05, 0.1) is 12.9 Å². The zero-order valence-electron chi connectivity index (χ0n) is 15.3. The molecule has 1 heterocycles. The second-order valence-corrected chi connectivity index (χ2v) is 8.05. The van der Waals surface area contributed by atoms with E-state index in [-0.39, 0.29) is 17.4 Å². The molecule has 0 radical (unpaired) electrons. The van der Waals surface area contributed by atoms with Gasteiger partial charge in [-0.05, 0) is 47.5 Å². The van der Waals surface area contributed by atoms with Crippen molar-refractivity contribution in [3.8, 4) is 5.75 Å². The van der Waals surface area contributed by atoms with Gasteiger partial charge in [-0.15, -0.1) is 0 Å². The number of rotatable bonds is 8. The Morgan fingerprint density at radius 2 is 1.86 bits per heavy atom. The number of halogens is 1.